The van der Waals surface area contributed by atoms with Gasteiger partial charge in [0.2, 0.25) is 0 Å². The summed E-state index contributed by atoms with van der Waals surface area (Å²) >= 11 is 0. The van der Waals surface area contributed by atoms with Crippen molar-refractivity contribution in [2.45, 2.75) is 51.0 Å². The second-order valence-electron chi connectivity index (χ2n) is 5.47. The summed E-state index contributed by atoms with van der Waals surface area (Å²) in [5.41, 5.74) is 8.35. The fraction of sp³-hybridized carbons (Fsp3) is 0.474. The van der Waals surface area contributed by atoms with Crippen LogP contribution in [0.15, 0.2) is 42.6 Å². The van der Waals surface area contributed by atoms with E-state index in [4.69, 9.17) is 12.2 Å². The van der Waals surface area contributed by atoms with Gasteiger partial charge in [0.25, 0.3) is 0 Å². The maximum atomic E-state index is 6.16. The van der Waals surface area contributed by atoms with Crippen molar-refractivity contribution in [3.63, 3.8) is 0 Å². The van der Waals surface area contributed by atoms with E-state index in [1.807, 2.05) is 18.2 Å². The number of nitrogens with one attached hydrogen (secondary N) is 1. The summed E-state index contributed by atoms with van der Waals surface area (Å²) in [6.45, 7) is 5.01. The Labute approximate surface area is 129 Å². The van der Waals surface area contributed by atoms with E-state index in [0.717, 1.165) is 37.9 Å². The highest BCUT2D eigenvalue weighted by molar-refractivity contribution is 5.18. The molecule has 21 heavy (non-hydrogen) atoms. The van der Waals surface area contributed by atoms with Gasteiger partial charge in [-0.3, -0.25) is 0 Å². The van der Waals surface area contributed by atoms with Gasteiger partial charge >= 0.3 is 0 Å². The third kappa shape index (κ3) is 8.22. The molecule has 0 bridgehead atoms. The molecule has 1 aromatic carbocycles. The number of hydrogen-bond donors (Lipinski definition) is 2. The molecule has 0 radical (unpaired) electrons. The van der Waals surface area contributed by atoms with Gasteiger partial charge in [-0.1, -0.05) is 56.2 Å². The maximum absolute atomic E-state index is 6.16. The van der Waals surface area contributed by atoms with E-state index in [0.29, 0.717) is 0 Å². The average Bonchev–Trinajstić information content (AvgIpc) is 2.50. The van der Waals surface area contributed by atoms with Crippen molar-refractivity contribution < 1.29 is 0 Å². The predicted molar refractivity (Wildman–Crippen MR) is 91.8 cm³/mol. The van der Waals surface area contributed by atoms with Crippen LogP contribution >= 0.6 is 0 Å². The molecule has 2 nitrogen and oxygen atoms in total. The van der Waals surface area contributed by atoms with Crippen molar-refractivity contribution in [2.75, 3.05) is 6.54 Å². The number of terminal acetylenes is 1. The van der Waals surface area contributed by atoms with Gasteiger partial charge in [-0.05, 0) is 24.8 Å². The molecule has 0 heterocycles. The Hall–Kier alpha value is -1.72. The van der Waals surface area contributed by atoms with E-state index in [2.05, 4.69) is 29.9 Å². The van der Waals surface area contributed by atoms with Crippen LogP contribution in [0.3, 0.4) is 0 Å². The monoisotopic (exact) mass is 284 g/mol. The Morgan fingerprint density at radius 1 is 1.14 bits per heavy atom. The van der Waals surface area contributed by atoms with Crippen LogP contribution < -0.4 is 11.1 Å². The maximum Gasteiger partial charge on any atom is 0.0479 e. The molecule has 0 amide bonds. The molecule has 0 aliphatic carbocycles. The molecule has 3 N–H and O–H groups in total. The van der Waals surface area contributed by atoms with E-state index in [9.17, 15) is 0 Å². The van der Waals surface area contributed by atoms with Crippen LogP contribution in [0, 0.1) is 12.3 Å². The number of hydrogen-bond acceptors (Lipinski definition) is 2. The lowest BCUT2D eigenvalue weighted by Gasteiger charge is -2.17. The van der Waals surface area contributed by atoms with Crippen molar-refractivity contribution in [1.29, 1.82) is 0 Å². The van der Waals surface area contributed by atoms with Crippen LogP contribution in [0.1, 0.15) is 44.1 Å². The second kappa shape index (κ2) is 11.0. The molecule has 0 saturated heterocycles. The first kappa shape index (κ1) is 17.3. The zero-order valence-corrected chi connectivity index (χ0v) is 13.0. The number of unbranched alkanes of at least 4 members (excludes halogenated alkanes) is 5. The third-order valence-corrected chi connectivity index (χ3v) is 3.60. The van der Waals surface area contributed by atoms with Crippen LogP contribution in [-0.4, -0.2) is 12.6 Å². The van der Waals surface area contributed by atoms with Gasteiger partial charge in [0.05, 0.1) is 0 Å². The molecule has 0 spiro atoms. The minimum atomic E-state index is -0.0250. The molecule has 1 rings (SSSR count). The first-order valence-corrected chi connectivity index (χ1v) is 7.89. The molecule has 0 saturated carbocycles. The van der Waals surface area contributed by atoms with E-state index in [1.165, 1.54) is 24.8 Å². The highest BCUT2D eigenvalue weighted by Crippen LogP contribution is 2.07. The molecule has 0 aliphatic rings. The topological polar surface area (TPSA) is 38.0 Å². The Morgan fingerprint density at radius 2 is 1.81 bits per heavy atom. The molecule has 1 unspecified atom stereocenters. The molecular formula is C19H28N2. The summed E-state index contributed by atoms with van der Waals surface area (Å²) in [7, 11) is 0. The zero-order valence-electron chi connectivity index (χ0n) is 13.0. The van der Waals surface area contributed by atoms with E-state index >= 15 is 0 Å². The summed E-state index contributed by atoms with van der Waals surface area (Å²) in [4.78, 5) is 0. The summed E-state index contributed by atoms with van der Waals surface area (Å²) in [5.74, 6) is 2.68. The lowest BCUT2D eigenvalue weighted by Crippen LogP contribution is -2.33. The Bertz CT molecular complexity index is 431. The Morgan fingerprint density at radius 3 is 2.52 bits per heavy atom. The predicted octanol–water partition coefficient (Wildman–Crippen LogP) is 3.63. The zero-order chi connectivity index (χ0) is 15.3. The number of nitrogens with two attached hydrogens (primary N) is 1. The van der Waals surface area contributed by atoms with Crippen molar-refractivity contribution in [3.05, 3.63) is 48.2 Å². The molecule has 114 valence electrons. The smallest absolute Gasteiger partial charge is 0.0479 e. The van der Waals surface area contributed by atoms with E-state index < -0.39 is 0 Å². The minimum absolute atomic E-state index is 0.0250. The van der Waals surface area contributed by atoms with Gasteiger partial charge in [0.1, 0.15) is 0 Å². The highest BCUT2D eigenvalue weighted by Gasteiger charge is 2.07. The van der Waals surface area contributed by atoms with Crippen molar-refractivity contribution >= 4 is 0 Å². The Kier molecular flexibility index (Phi) is 9.08. The van der Waals surface area contributed by atoms with Crippen molar-refractivity contribution in [2.24, 2.45) is 5.73 Å². The molecule has 0 aliphatic heterocycles. The van der Waals surface area contributed by atoms with E-state index in [1.54, 1.807) is 0 Å². The molecule has 0 aromatic heterocycles. The van der Waals surface area contributed by atoms with Crippen LogP contribution in [0.2, 0.25) is 0 Å². The quantitative estimate of drug-likeness (QED) is 0.481. The van der Waals surface area contributed by atoms with Gasteiger partial charge < -0.3 is 11.1 Å². The fourth-order valence-electron chi connectivity index (χ4n) is 2.25. The first-order chi connectivity index (χ1) is 10.2. The van der Waals surface area contributed by atoms with Crippen molar-refractivity contribution in [1.82, 2.24) is 5.32 Å². The second-order valence-corrected chi connectivity index (χ2v) is 5.47. The van der Waals surface area contributed by atoms with Crippen LogP contribution in [0.5, 0.6) is 0 Å². The SMILES string of the molecule is C#CCCCCCCCNC(=C)C(N)Cc1ccccc1. The lowest BCUT2D eigenvalue weighted by atomic mass is 10.0. The first-order valence-electron chi connectivity index (χ1n) is 7.89. The molecule has 1 atom stereocenters. The standard InChI is InChI=1S/C19H28N2/c1-3-4-5-6-7-8-12-15-21-17(2)19(20)16-18-13-10-9-11-14-18/h1,9-11,13-14,19,21H,2,4-8,12,15-16,20H2. The van der Waals surface area contributed by atoms with Crippen LogP contribution in [0.4, 0.5) is 0 Å². The van der Waals surface area contributed by atoms with Crippen LogP contribution in [-0.2, 0) is 6.42 Å². The number of rotatable bonds is 11. The lowest BCUT2D eigenvalue weighted by molar-refractivity contribution is 0.586. The molecule has 0 fully saturated rings. The Balaban J connectivity index is 2.06. The van der Waals surface area contributed by atoms with Crippen LogP contribution in [0.25, 0.3) is 0 Å². The third-order valence-electron chi connectivity index (χ3n) is 3.60. The summed E-state index contributed by atoms with van der Waals surface area (Å²) < 4.78 is 0. The van der Waals surface area contributed by atoms with Gasteiger partial charge in [-0.25, -0.2) is 0 Å². The van der Waals surface area contributed by atoms with Gasteiger partial charge in [0, 0.05) is 24.7 Å². The van der Waals surface area contributed by atoms with Gasteiger partial charge in [-0.2, -0.15) is 0 Å². The van der Waals surface area contributed by atoms with Gasteiger partial charge in [-0.15, -0.1) is 12.3 Å². The largest absolute Gasteiger partial charge is 0.388 e. The highest BCUT2D eigenvalue weighted by atomic mass is 14.9. The average molecular weight is 284 g/mol. The normalized spacial score (nSPS) is 11.6. The van der Waals surface area contributed by atoms with Crippen molar-refractivity contribution in [3.8, 4) is 12.3 Å². The molecule has 2 heteroatoms. The summed E-state index contributed by atoms with van der Waals surface area (Å²) in [6.07, 6.45) is 13.0. The minimum Gasteiger partial charge on any atom is -0.388 e. The summed E-state index contributed by atoms with van der Waals surface area (Å²) in [5, 5.41) is 3.35. The summed E-state index contributed by atoms with van der Waals surface area (Å²) in [6, 6.07) is 10.3. The molecular weight excluding hydrogens is 256 g/mol. The van der Waals surface area contributed by atoms with Gasteiger partial charge in [0.15, 0.2) is 0 Å². The molecule has 1 aromatic rings. The number of benzene rings is 1. The fourth-order valence-corrected chi connectivity index (χ4v) is 2.25. The van der Waals surface area contributed by atoms with E-state index in [-0.39, 0.29) is 6.04 Å².